The molecule has 98 valence electrons. The third-order valence-electron chi connectivity index (χ3n) is 2.51. The number of benzene rings is 1. The molecule has 2 aromatic rings. The highest BCUT2D eigenvalue weighted by atomic mass is 16.5. The van der Waals surface area contributed by atoms with E-state index in [4.69, 9.17) is 0 Å². The van der Waals surface area contributed by atoms with Crippen LogP contribution in [0.2, 0.25) is 0 Å². The molecule has 0 fully saturated rings. The fourth-order valence-electron chi connectivity index (χ4n) is 1.65. The average molecular weight is 260 g/mol. The number of ether oxygens (including phenoxy) is 1. The van der Waals surface area contributed by atoms with E-state index < -0.39 is 17.3 Å². The molecule has 6 heteroatoms. The molecule has 0 aliphatic carbocycles. The molecule has 1 aromatic carbocycles. The third-order valence-corrected chi connectivity index (χ3v) is 2.51. The van der Waals surface area contributed by atoms with Crippen LogP contribution in [0.3, 0.4) is 0 Å². The number of hydrogen-bond acceptors (Lipinski definition) is 4. The van der Waals surface area contributed by atoms with E-state index in [1.807, 2.05) is 0 Å². The van der Waals surface area contributed by atoms with Crippen LogP contribution < -0.4 is 11.2 Å². The number of carbonyl (C=O) groups excluding carboxylic acids is 1. The van der Waals surface area contributed by atoms with E-state index in [0.717, 1.165) is 0 Å². The first-order valence-electron chi connectivity index (χ1n) is 5.72. The predicted molar refractivity (Wildman–Crippen MR) is 69.2 cm³/mol. The van der Waals surface area contributed by atoms with Crippen LogP contribution in [-0.4, -0.2) is 22.3 Å². The van der Waals surface area contributed by atoms with Crippen LogP contribution in [0.1, 0.15) is 6.92 Å². The van der Waals surface area contributed by atoms with Gasteiger partial charge in [0.05, 0.1) is 12.2 Å². The van der Waals surface area contributed by atoms with Gasteiger partial charge in [-0.15, -0.1) is 0 Å². The van der Waals surface area contributed by atoms with Gasteiger partial charge >= 0.3 is 11.8 Å². The van der Waals surface area contributed by atoms with Gasteiger partial charge in [-0.3, -0.25) is 4.79 Å². The van der Waals surface area contributed by atoms with Crippen LogP contribution in [0.25, 0.3) is 11.1 Å². The summed E-state index contributed by atoms with van der Waals surface area (Å²) >= 11 is 0. The number of hydrogen-bond donors (Lipinski definition) is 1. The minimum atomic E-state index is -0.980. The number of carbonyl (C=O) groups is 1. The van der Waals surface area contributed by atoms with Crippen molar-refractivity contribution in [3.63, 3.8) is 0 Å². The van der Waals surface area contributed by atoms with Gasteiger partial charge in [-0.05, 0) is 12.5 Å². The molecule has 0 saturated heterocycles. The van der Waals surface area contributed by atoms with Gasteiger partial charge in [-0.1, -0.05) is 30.3 Å². The summed E-state index contributed by atoms with van der Waals surface area (Å²) in [7, 11) is 0. The van der Waals surface area contributed by atoms with E-state index >= 15 is 0 Å². The Labute approximate surface area is 108 Å². The van der Waals surface area contributed by atoms with Crippen molar-refractivity contribution >= 4 is 6.09 Å². The zero-order valence-corrected chi connectivity index (χ0v) is 10.3. The number of aromatic amines is 1. The highest BCUT2D eigenvalue weighted by molar-refractivity contribution is 5.72. The Bertz CT molecular complexity index is 701. The number of nitrogens with zero attached hydrogens (tertiary/aromatic N) is 1. The van der Waals surface area contributed by atoms with E-state index in [1.165, 1.54) is 6.20 Å². The maximum Gasteiger partial charge on any atom is 0.425 e. The van der Waals surface area contributed by atoms with Crippen molar-refractivity contribution in [1.29, 1.82) is 0 Å². The van der Waals surface area contributed by atoms with E-state index in [1.54, 1.807) is 37.3 Å². The summed E-state index contributed by atoms with van der Waals surface area (Å²) < 4.78 is 5.13. The second-order valence-corrected chi connectivity index (χ2v) is 3.71. The Morgan fingerprint density at radius 3 is 2.58 bits per heavy atom. The quantitative estimate of drug-likeness (QED) is 0.879. The Morgan fingerprint density at radius 2 is 1.95 bits per heavy atom. The van der Waals surface area contributed by atoms with E-state index in [9.17, 15) is 14.4 Å². The lowest BCUT2D eigenvalue weighted by Crippen LogP contribution is -2.40. The minimum absolute atomic E-state index is 0.0836. The highest BCUT2D eigenvalue weighted by Crippen LogP contribution is 2.12. The number of nitrogens with one attached hydrogen (secondary N) is 1. The number of H-pyrrole nitrogens is 1. The summed E-state index contributed by atoms with van der Waals surface area (Å²) in [6, 6.07) is 8.75. The van der Waals surface area contributed by atoms with Gasteiger partial charge in [-0.25, -0.2) is 9.59 Å². The summed E-state index contributed by atoms with van der Waals surface area (Å²) in [5.74, 6) is 0. The summed E-state index contributed by atoms with van der Waals surface area (Å²) in [5, 5.41) is 0. The van der Waals surface area contributed by atoms with E-state index in [-0.39, 0.29) is 12.2 Å². The standard InChI is InChI=1S/C13H12N2O4/c1-2-19-13(18)15-11(16)10(8-14-12(15)17)9-6-4-3-5-7-9/h3-8H,2H2,1H3,(H,14,17). The summed E-state index contributed by atoms with van der Waals surface area (Å²) in [4.78, 5) is 37.6. The monoisotopic (exact) mass is 260 g/mol. The van der Waals surface area contributed by atoms with Crippen molar-refractivity contribution in [2.75, 3.05) is 6.61 Å². The third kappa shape index (κ3) is 2.47. The van der Waals surface area contributed by atoms with E-state index in [0.29, 0.717) is 10.1 Å². The zero-order chi connectivity index (χ0) is 13.8. The average Bonchev–Trinajstić information content (AvgIpc) is 2.40. The molecule has 0 atom stereocenters. The topological polar surface area (TPSA) is 81.2 Å². The lowest BCUT2D eigenvalue weighted by molar-refractivity contribution is 0.151. The predicted octanol–water partition coefficient (Wildman–Crippen LogP) is 1.21. The Morgan fingerprint density at radius 1 is 1.26 bits per heavy atom. The van der Waals surface area contributed by atoms with Crippen molar-refractivity contribution in [2.45, 2.75) is 6.92 Å². The van der Waals surface area contributed by atoms with Crippen LogP contribution in [0.15, 0.2) is 46.1 Å². The summed E-state index contributed by atoms with van der Waals surface area (Å²) in [6.45, 7) is 1.68. The number of aromatic nitrogens is 2. The van der Waals surface area contributed by atoms with Crippen molar-refractivity contribution in [3.8, 4) is 11.1 Å². The van der Waals surface area contributed by atoms with Crippen molar-refractivity contribution in [2.24, 2.45) is 0 Å². The molecule has 0 aliphatic heterocycles. The van der Waals surface area contributed by atoms with Gasteiger partial charge < -0.3 is 9.72 Å². The molecule has 0 saturated carbocycles. The summed E-state index contributed by atoms with van der Waals surface area (Å²) in [5.41, 5.74) is -0.674. The molecular weight excluding hydrogens is 248 g/mol. The van der Waals surface area contributed by atoms with Crippen molar-refractivity contribution in [1.82, 2.24) is 9.55 Å². The first-order chi connectivity index (χ1) is 9.15. The molecule has 0 amide bonds. The first-order valence-corrected chi connectivity index (χ1v) is 5.72. The molecular formula is C13H12N2O4. The van der Waals surface area contributed by atoms with Gasteiger partial charge in [0.1, 0.15) is 0 Å². The molecule has 0 aliphatic rings. The Kier molecular flexibility index (Phi) is 3.61. The van der Waals surface area contributed by atoms with Gasteiger partial charge in [0.2, 0.25) is 0 Å². The SMILES string of the molecule is CCOC(=O)n1c(=O)[nH]cc(-c2ccccc2)c1=O. The second-order valence-electron chi connectivity index (χ2n) is 3.71. The van der Waals surface area contributed by atoms with Crippen LogP contribution in [-0.2, 0) is 4.74 Å². The fourth-order valence-corrected chi connectivity index (χ4v) is 1.65. The minimum Gasteiger partial charge on any atom is -0.449 e. The van der Waals surface area contributed by atoms with Gasteiger partial charge in [-0.2, -0.15) is 4.57 Å². The van der Waals surface area contributed by atoms with Gasteiger partial charge in [0.25, 0.3) is 5.56 Å². The van der Waals surface area contributed by atoms with E-state index in [2.05, 4.69) is 9.72 Å². The maximum absolute atomic E-state index is 12.1. The lowest BCUT2D eigenvalue weighted by Gasteiger charge is -2.05. The van der Waals surface area contributed by atoms with Gasteiger partial charge in [0, 0.05) is 6.20 Å². The molecule has 0 radical (unpaired) electrons. The van der Waals surface area contributed by atoms with Gasteiger partial charge in [0.15, 0.2) is 0 Å². The van der Waals surface area contributed by atoms with Crippen LogP contribution in [0, 0.1) is 0 Å². The largest absolute Gasteiger partial charge is 0.449 e. The molecule has 1 N–H and O–H groups in total. The first kappa shape index (κ1) is 12.8. The molecule has 1 aromatic heterocycles. The zero-order valence-electron chi connectivity index (χ0n) is 10.3. The van der Waals surface area contributed by atoms with Crippen LogP contribution in [0.5, 0.6) is 0 Å². The van der Waals surface area contributed by atoms with Crippen LogP contribution in [0.4, 0.5) is 4.79 Å². The molecule has 6 nitrogen and oxygen atoms in total. The fraction of sp³-hybridized carbons (Fsp3) is 0.154. The molecule has 1 heterocycles. The van der Waals surface area contributed by atoms with Crippen LogP contribution >= 0.6 is 0 Å². The molecule has 0 unspecified atom stereocenters. The highest BCUT2D eigenvalue weighted by Gasteiger charge is 2.15. The Hall–Kier alpha value is -2.63. The second kappa shape index (κ2) is 5.34. The normalized spacial score (nSPS) is 10.2. The smallest absolute Gasteiger partial charge is 0.425 e. The number of rotatable bonds is 2. The Balaban J connectivity index is 2.62. The molecule has 19 heavy (non-hydrogen) atoms. The van der Waals surface area contributed by atoms with Crippen molar-refractivity contribution < 1.29 is 9.53 Å². The molecule has 0 spiro atoms. The maximum atomic E-state index is 12.1. The summed E-state index contributed by atoms with van der Waals surface area (Å²) in [6.07, 6.45) is 0.307. The molecule has 2 rings (SSSR count). The van der Waals surface area contributed by atoms with Crippen molar-refractivity contribution in [3.05, 3.63) is 57.4 Å². The lowest BCUT2D eigenvalue weighted by atomic mass is 10.1. The molecule has 0 bridgehead atoms.